The van der Waals surface area contributed by atoms with Gasteiger partial charge in [-0.2, -0.15) is 0 Å². The monoisotopic (exact) mass is 301 g/mol. The average Bonchev–Trinajstić information content (AvgIpc) is 2.83. The smallest absolute Gasteiger partial charge is 0.335 e. The van der Waals surface area contributed by atoms with Crippen LogP contribution >= 0.6 is 11.3 Å². The van der Waals surface area contributed by atoms with Crippen molar-refractivity contribution in [2.24, 2.45) is 0 Å². The first-order valence-corrected chi connectivity index (χ1v) is 7.08. The van der Waals surface area contributed by atoms with E-state index in [1.807, 2.05) is 12.3 Å². The zero-order valence-corrected chi connectivity index (χ0v) is 11.9. The number of thiazole rings is 1. The Hall–Kier alpha value is -2.54. The molecule has 0 amide bonds. The van der Waals surface area contributed by atoms with E-state index in [9.17, 15) is 9.59 Å². The standard InChI is InChI=1S/C14H11N3O3S/c1-7-6-21-12(15-7)5-11-16-10-4-8(14(19)20)2-3-9(10)13(18)17-11/h2-4,6H,5H2,1H3,(H,19,20)(H,16,17,18). The summed E-state index contributed by atoms with van der Waals surface area (Å²) >= 11 is 1.50. The summed E-state index contributed by atoms with van der Waals surface area (Å²) in [6.45, 7) is 1.90. The lowest BCUT2D eigenvalue weighted by molar-refractivity contribution is 0.0697. The summed E-state index contributed by atoms with van der Waals surface area (Å²) in [4.78, 5) is 34.4. The highest BCUT2D eigenvalue weighted by molar-refractivity contribution is 7.09. The maximum Gasteiger partial charge on any atom is 0.335 e. The van der Waals surface area contributed by atoms with Gasteiger partial charge in [-0.15, -0.1) is 11.3 Å². The van der Waals surface area contributed by atoms with Gasteiger partial charge in [0.1, 0.15) is 10.8 Å². The predicted molar refractivity (Wildman–Crippen MR) is 79.0 cm³/mol. The molecule has 0 spiro atoms. The lowest BCUT2D eigenvalue weighted by Crippen LogP contribution is -2.12. The molecule has 6 nitrogen and oxygen atoms in total. The van der Waals surface area contributed by atoms with E-state index in [1.165, 1.54) is 29.5 Å². The topological polar surface area (TPSA) is 95.9 Å². The molecule has 0 radical (unpaired) electrons. The Morgan fingerprint density at radius 2 is 2.19 bits per heavy atom. The average molecular weight is 301 g/mol. The van der Waals surface area contributed by atoms with Crippen LogP contribution < -0.4 is 5.56 Å². The molecule has 3 rings (SSSR count). The van der Waals surface area contributed by atoms with Gasteiger partial charge in [-0.05, 0) is 25.1 Å². The number of fused-ring (bicyclic) bond motifs is 1. The van der Waals surface area contributed by atoms with Gasteiger partial charge in [0, 0.05) is 11.1 Å². The van der Waals surface area contributed by atoms with Crippen LogP contribution in [0.15, 0.2) is 28.4 Å². The quantitative estimate of drug-likeness (QED) is 0.771. The predicted octanol–water partition coefficient (Wildman–Crippen LogP) is 1.98. The number of carboxylic acid groups (broad SMARTS) is 1. The summed E-state index contributed by atoms with van der Waals surface area (Å²) < 4.78 is 0. The largest absolute Gasteiger partial charge is 0.478 e. The number of hydrogen-bond donors (Lipinski definition) is 2. The lowest BCUT2D eigenvalue weighted by Gasteiger charge is -2.02. The number of aromatic amines is 1. The maximum absolute atomic E-state index is 12.0. The molecule has 21 heavy (non-hydrogen) atoms. The number of nitrogens with one attached hydrogen (secondary N) is 1. The van der Waals surface area contributed by atoms with E-state index in [0.717, 1.165) is 10.7 Å². The molecule has 7 heteroatoms. The number of carboxylic acids is 1. The SMILES string of the molecule is Cc1csc(Cc2nc3cc(C(=O)O)ccc3c(=O)[nH]2)n1. The van der Waals surface area contributed by atoms with Crippen molar-refractivity contribution in [3.05, 3.63) is 56.0 Å². The highest BCUT2D eigenvalue weighted by Crippen LogP contribution is 2.14. The van der Waals surface area contributed by atoms with Crippen LogP contribution in [0.5, 0.6) is 0 Å². The molecule has 0 bridgehead atoms. The normalized spacial score (nSPS) is 10.9. The zero-order valence-electron chi connectivity index (χ0n) is 11.1. The summed E-state index contributed by atoms with van der Waals surface area (Å²) in [5, 5.41) is 12.2. The second-order valence-electron chi connectivity index (χ2n) is 4.61. The fourth-order valence-corrected chi connectivity index (χ4v) is 2.81. The molecule has 2 aromatic heterocycles. The summed E-state index contributed by atoms with van der Waals surface area (Å²) in [6.07, 6.45) is 0.418. The van der Waals surface area contributed by atoms with Gasteiger partial charge in [-0.3, -0.25) is 4.79 Å². The molecule has 1 aromatic carbocycles. The molecule has 0 aliphatic carbocycles. The first-order valence-electron chi connectivity index (χ1n) is 6.20. The molecule has 0 atom stereocenters. The third kappa shape index (κ3) is 2.68. The second kappa shape index (κ2) is 5.10. The molecule has 2 heterocycles. The fourth-order valence-electron chi connectivity index (χ4n) is 2.03. The van der Waals surface area contributed by atoms with Crippen LogP contribution in [0.1, 0.15) is 26.9 Å². The summed E-state index contributed by atoms with van der Waals surface area (Å²) in [7, 11) is 0. The van der Waals surface area contributed by atoms with E-state index >= 15 is 0 Å². The van der Waals surface area contributed by atoms with Gasteiger partial charge in [-0.25, -0.2) is 14.8 Å². The van der Waals surface area contributed by atoms with E-state index in [2.05, 4.69) is 15.0 Å². The van der Waals surface area contributed by atoms with Crippen LogP contribution in [-0.4, -0.2) is 26.0 Å². The van der Waals surface area contributed by atoms with Crippen molar-refractivity contribution in [2.75, 3.05) is 0 Å². The molecule has 0 aliphatic rings. The van der Waals surface area contributed by atoms with Crippen LogP contribution in [0.3, 0.4) is 0 Å². The van der Waals surface area contributed by atoms with E-state index in [1.54, 1.807) is 0 Å². The van der Waals surface area contributed by atoms with E-state index in [-0.39, 0.29) is 11.1 Å². The van der Waals surface area contributed by atoms with Crippen LogP contribution in [0.2, 0.25) is 0 Å². The third-order valence-electron chi connectivity index (χ3n) is 2.99. The molecule has 0 aliphatic heterocycles. The molecule has 3 aromatic rings. The van der Waals surface area contributed by atoms with Gasteiger partial charge in [0.15, 0.2) is 0 Å². The van der Waals surface area contributed by atoms with E-state index < -0.39 is 5.97 Å². The Bertz CT molecular complexity index is 898. The number of aryl methyl sites for hydroxylation is 1. The Balaban J connectivity index is 2.08. The molecule has 0 saturated carbocycles. The van der Waals surface area contributed by atoms with Gasteiger partial charge < -0.3 is 10.1 Å². The number of nitrogens with zero attached hydrogens (tertiary/aromatic N) is 2. The molecule has 106 valence electrons. The van der Waals surface area contributed by atoms with Gasteiger partial charge in [0.05, 0.1) is 22.9 Å². The molecular weight excluding hydrogens is 290 g/mol. The molecule has 0 unspecified atom stereocenters. The Morgan fingerprint density at radius 1 is 1.38 bits per heavy atom. The minimum atomic E-state index is -1.05. The van der Waals surface area contributed by atoms with Crippen molar-refractivity contribution in [1.82, 2.24) is 15.0 Å². The number of aromatic carboxylic acids is 1. The number of rotatable bonds is 3. The van der Waals surface area contributed by atoms with Crippen molar-refractivity contribution < 1.29 is 9.90 Å². The van der Waals surface area contributed by atoms with Gasteiger partial charge >= 0.3 is 5.97 Å². The van der Waals surface area contributed by atoms with Gasteiger partial charge in [0.2, 0.25) is 0 Å². The van der Waals surface area contributed by atoms with E-state index in [4.69, 9.17) is 5.11 Å². The highest BCUT2D eigenvalue weighted by Gasteiger charge is 2.10. The Kier molecular flexibility index (Phi) is 3.26. The van der Waals surface area contributed by atoms with Crippen molar-refractivity contribution in [3.63, 3.8) is 0 Å². The minimum absolute atomic E-state index is 0.108. The number of H-pyrrole nitrogens is 1. The van der Waals surface area contributed by atoms with Gasteiger partial charge in [-0.1, -0.05) is 0 Å². The van der Waals surface area contributed by atoms with Crippen LogP contribution in [0.25, 0.3) is 10.9 Å². The highest BCUT2D eigenvalue weighted by atomic mass is 32.1. The number of benzene rings is 1. The van der Waals surface area contributed by atoms with Crippen LogP contribution in [0, 0.1) is 6.92 Å². The van der Waals surface area contributed by atoms with Crippen LogP contribution in [0.4, 0.5) is 0 Å². The maximum atomic E-state index is 12.0. The fraction of sp³-hybridized carbons (Fsp3) is 0.143. The van der Waals surface area contributed by atoms with Crippen LogP contribution in [-0.2, 0) is 6.42 Å². The van der Waals surface area contributed by atoms with Crippen molar-refractivity contribution in [2.45, 2.75) is 13.3 Å². The van der Waals surface area contributed by atoms with Crippen molar-refractivity contribution in [3.8, 4) is 0 Å². The number of aromatic nitrogens is 3. The number of hydrogen-bond acceptors (Lipinski definition) is 5. The first-order chi connectivity index (χ1) is 10.0. The number of carbonyl (C=O) groups is 1. The summed E-state index contributed by atoms with van der Waals surface area (Å²) in [6, 6.07) is 4.27. The van der Waals surface area contributed by atoms with Crippen molar-refractivity contribution in [1.29, 1.82) is 0 Å². The summed E-state index contributed by atoms with van der Waals surface area (Å²) in [5.41, 5.74) is 1.13. The second-order valence-corrected chi connectivity index (χ2v) is 5.55. The van der Waals surface area contributed by atoms with Crippen molar-refractivity contribution >= 4 is 28.2 Å². The van der Waals surface area contributed by atoms with E-state index in [0.29, 0.717) is 23.1 Å². The molecule has 0 saturated heterocycles. The van der Waals surface area contributed by atoms with Gasteiger partial charge in [0.25, 0.3) is 5.56 Å². The molecule has 2 N–H and O–H groups in total. The third-order valence-corrected chi connectivity index (χ3v) is 3.95. The molecule has 0 fully saturated rings. The minimum Gasteiger partial charge on any atom is -0.478 e. The Labute approximate surface area is 123 Å². The first kappa shape index (κ1) is 13.4. The zero-order chi connectivity index (χ0) is 15.0. The summed E-state index contributed by atoms with van der Waals surface area (Å²) in [5.74, 6) is -0.569. The molecular formula is C14H11N3O3S. The lowest BCUT2D eigenvalue weighted by atomic mass is 10.1. The Morgan fingerprint density at radius 3 is 2.86 bits per heavy atom.